The van der Waals surface area contributed by atoms with Crippen molar-refractivity contribution in [2.75, 3.05) is 11.9 Å². The van der Waals surface area contributed by atoms with E-state index in [1.165, 1.54) is 0 Å². The minimum atomic E-state index is 0.404. The van der Waals surface area contributed by atoms with Crippen molar-refractivity contribution in [2.45, 2.75) is 20.0 Å². The quantitative estimate of drug-likeness (QED) is 0.833. The van der Waals surface area contributed by atoms with Crippen molar-refractivity contribution in [3.05, 3.63) is 52.1 Å². The fourth-order valence-electron chi connectivity index (χ4n) is 1.71. The molecule has 1 N–H and O–H groups in total. The molecule has 0 saturated heterocycles. The van der Waals surface area contributed by atoms with Crippen LogP contribution in [-0.2, 0) is 6.61 Å². The lowest BCUT2D eigenvalue weighted by molar-refractivity contribution is 0.306. The normalized spacial score (nSPS) is 10.3. The summed E-state index contributed by atoms with van der Waals surface area (Å²) < 4.78 is 5.73. The number of ether oxygens (including phenoxy) is 1. The summed E-state index contributed by atoms with van der Waals surface area (Å²) in [5.41, 5.74) is 0.993. The molecule has 3 nitrogen and oxygen atoms in total. The van der Waals surface area contributed by atoms with E-state index in [4.69, 9.17) is 27.9 Å². The lowest BCUT2D eigenvalue weighted by Crippen LogP contribution is -2.07. The molecule has 0 bridgehead atoms. The van der Waals surface area contributed by atoms with Gasteiger partial charge in [-0.3, -0.25) is 0 Å². The minimum absolute atomic E-state index is 0.404. The number of aromatic nitrogens is 1. The monoisotopic (exact) mass is 310 g/mol. The summed E-state index contributed by atoms with van der Waals surface area (Å²) in [6.45, 7) is 3.40. The number of rotatable bonds is 6. The van der Waals surface area contributed by atoms with E-state index in [2.05, 4.69) is 17.2 Å². The second-order valence-corrected chi connectivity index (χ2v) is 5.14. The number of nitrogens with one attached hydrogen (secondary N) is 1. The smallest absolute Gasteiger partial charge is 0.138 e. The number of hydrogen-bond acceptors (Lipinski definition) is 3. The standard InChI is InChI=1S/C15H16Cl2N2O/c1-2-7-18-15-11(4-3-8-19-15)10-20-14-6-5-12(16)9-13(14)17/h3-6,8-9H,2,7,10H2,1H3,(H,18,19). The van der Waals surface area contributed by atoms with E-state index < -0.39 is 0 Å². The van der Waals surface area contributed by atoms with Gasteiger partial charge in [0.05, 0.1) is 5.02 Å². The minimum Gasteiger partial charge on any atom is -0.487 e. The Balaban J connectivity index is 2.06. The molecule has 0 spiro atoms. The zero-order chi connectivity index (χ0) is 14.4. The molecule has 2 aromatic rings. The Hall–Kier alpha value is -1.45. The summed E-state index contributed by atoms with van der Waals surface area (Å²) in [6, 6.07) is 9.05. The summed E-state index contributed by atoms with van der Waals surface area (Å²) in [5, 5.41) is 4.37. The van der Waals surface area contributed by atoms with E-state index in [0.29, 0.717) is 22.4 Å². The Morgan fingerprint density at radius 1 is 1.25 bits per heavy atom. The lowest BCUT2D eigenvalue weighted by Gasteiger charge is -2.12. The van der Waals surface area contributed by atoms with Gasteiger partial charge in [0.15, 0.2) is 0 Å². The third kappa shape index (κ3) is 4.02. The number of nitrogens with zero attached hydrogens (tertiary/aromatic N) is 1. The molecule has 1 heterocycles. The highest BCUT2D eigenvalue weighted by Gasteiger charge is 2.06. The van der Waals surface area contributed by atoms with Crippen molar-refractivity contribution in [2.24, 2.45) is 0 Å². The van der Waals surface area contributed by atoms with Gasteiger partial charge in [-0.05, 0) is 30.7 Å². The molecule has 20 heavy (non-hydrogen) atoms. The zero-order valence-electron chi connectivity index (χ0n) is 11.2. The first-order chi connectivity index (χ1) is 9.70. The molecule has 0 unspecified atom stereocenters. The fourth-order valence-corrected chi connectivity index (χ4v) is 2.17. The first-order valence-electron chi connectivity index (χ1n) is 6.46. The van der Waals surface area contributed by atoms with Crippen LogP contribution < -0.4 is 10.1 Å². The fraction of sp³-hybridized carbons (Fsp3) is 0.267. The third-order valence-corrected chi connectivity index (χ3v) is 3.24. The highest BCUT2D eigenvalue weighted by Crippen LogP contribution is 2.28. The third-order valence-electron chi connectivity index (χ3n) is 2.71. The molecular formula is C15H16Cl2N2O. The van der Waals surface area contributed by atoms with E-state index in [0.717, 1.165) is 24.3 Å². The average molecular weight is 311 g/mol. The zero-order valence-corrected chi connectivity index (χ0v) is 12.7. The van der Waals surface area contributed by atoms with Gasteiger partial charge in [0.2, 0.25) is 0 Å². The Labute approximate surface area is 128 Å². The molecule has 0 saturated carbocycles. The molecule has 0 aliphatic carbocycles. The van der Waals surface area contributed by atoms with Crippen LogP contribution in [0, 0.1) is 0 Å². The summed E-state index contributed by atoms with van der Waals surface area (Å²) in [5.74, 6) is 1.46. The van der Waals surface area contributed by atoms with Crippen LogP contribution in [0.15, 0.2) is 36.5 Å². The summed E-state index contributed by atoms with van der Waals surface area (Å²) in [7, 11) is 0. The first kappa shape index (κ1) is 14.9. The number of benzene rings is 1. The molecule has 1 aromatic carbocycles. The SMILES string of the molecule is CCCNc1ncccc1COc1ccc(Cl)cc1Cl. The van der Waals surface area contributed by atoms with Gasteiger partial charge in [-0.15, -0.1) is 0 Å². The van der Waals surface area contributed by atoms with Gasteiger partial charge < -0.3 is 10.1 Å². The van der Waals surface area contributed by atoms with Crippen molar-refractivity contribution in [3.63, 3.8) is 0 Å². The molecular weight excluding hydrogens is 295 g/mol. The molecule has 0 aliphatic heterocycles. The van der Waals surface area contributed by atoms with Crippen LogP contribution in [-0.4, -0.2) is 11.5 Å². The van der Waals surface area contributed by atoms with E-state index in [1.54, 1.807) is 24.4 Å². The van der Waals surface area contributed by atoms with Crippen molar-refractivity contribution >= 4 is 29.0 Å². The van der Waals surface area contributed by atoms with Gasteiger partial charge in [0.25, 0.3) is 0 Å². The number of hydrogen-bond donors (Lipinski definition) is 1. The summed E-state index contributed by atoms with van der Waals surface area (Å²) >= 11 is 11.9. The Morgan fingerprint density at radius 2 is 2.10 bits per heavy atom. The molecule has 2 rings (SSSR count). The van der Waals surface area contributed by atoms with Crippen molar-refractivity contribution in [1.29, 1.82) is 0 Å². The van der Waals surface area contributed by atoms with E-state index in [9.17, 15) is 0 Å². The lowest BCUT2D eigenvalue weighted by atomic mass is 10.2. The Kier molecular flexibility index (Phi) is 5.50. The van der Waals surface area contributed by atoms with Crippen LogP contribution in [0.3, 0.4) is 0 Å². The van der Waals surface area contributed by atoms with Gasteiger partial charge in [-0.2, -0.15) is 0 Å². The maximum absolute atomic E-state index is 6.08. The predicted molar refractivity (Wildman–Crippen MR) is 83.8 cm³/mol. The van der Waals surface area contributed by atoms with Crippen LogP contribution in [0.5, 0.6) is 5.75 Å². The van der Waals surface area contributed by atoms with Gasteiger partial charge >= 0.3 is 0 Å². The maximum Gasteiger partial charge on any atom is 0.138 e. The van der Waals surface area contributed by atoms with Crippen LogP contribution >= 0.6 is 23.2 Å². The van der Waals surface area contributed by atoms with Gasteiger partial charge in [-0.25, -0.2) is 4.98 Å². The van der Waals surface area contributed by atoms with Gasteiger partial charge in [0.1, 0.15) is 18.2 Å². The van der Waals surface area contributed by atoms with E-state index in [1.807, 2.05) is 12.1 Å². The Bertz CT molecular complexity index is 576. The van der Waals surface area contributed by atoms with E-state index >= 15 is 0 Å². The molecule has 0 radical (unpaired) electrons. The van der Waals surface area contributed by atoms with Crippen molar-refractivity contribution in [1.82, 2.24) is 4.98 Å². The molecule has 0 amide bonds. The Morgan fingerprint density at radius 3 is 2.85 bits per heavy atom. The van der Waals surface area contributed by atoms with Gasteiger partial charge in [-0.1, -0.05) is 36.2 Å². The van der Waals surface area contributed by atoms with Crippen LogP contribution in [0.1, 0.15) is 18.9 Å². The van der Waals surface area contributed by atoms with E-state index in [-0.39, 0.29) is 0 Å². The second-order valence-electron chi connectivity index (χ2n) is 4.30. The molecule has 5 heteroatoms. The number of anilines is 1. The van der Waals surface area contributed by atoms with Crippen molar-refractivity contribution in [3.8, 4) is 5.75 Å². The van der Waals surface area contributed by atoms with Crippen LogP contribution in [0.4, 0.5) is 5.82 Å². The highest BCUT2D eigenvalue weighted by molar-refractivity contribution is 6.35. The predicted octanol–water partition coefficient (Wildman–Crippen LogP) is 4.79. The number of pyridine rings is 1. The summed E-state index contributed by atoms with van der Waals surface area (Å²) in [4.78, 5) is 4.32. The number of halogens is 2. The first-order valence-corrected chi connectivity index (χ1v) is 7.22. The largest absolute Gasteiger partial charge is 0.487 e. The van der Waals surface area contributed by atoms with Crippen LogP contribution in [0.2, 0.25) is 10.0 Å². The second kappa shape index (κ2) is 7.36. The topological polar surface area (TPSA) is 34.2 Å². The summed E-state index contributed by atoms with van der Waals surface area (Å²) in [6.07, 6.45) is 2.80. The average Bonchev–Trinajstić information content (AvgIpc) is 2.45. The van der Waals surface area contributed by atoms with Crippen LogP contribution in [0.25, 0.3) is 0 Å². The highest BCUT2D eigenvalue weighted by atomic mass is 35.5. The molecule has 1 aromatic heterocycles. The molecule has 106 valence electrons. The maximum atomic E-state index is 6.08. The molecule has 0 atom stereocenters. The van der Waals surface area contributed by atoms with Crippen molar-refractivity contribution < 1.29 is 4.74 Å². The van der Waals surface area contributed by atoms with Gasteiger partial charge in [0, 0.05) is 23.3 Å². The molecule has 0 aliphatic rings. The molecule has 0 fully saturated rings.